The summed E-state index contributed by atoms with van der Waals surface area (Å²) in [5, 5.41) is 25.0. The number of H-pyrrole nitrogens is 1. The Balaban J connectivity index is 0.00000137. The highest BCUT2D eigenvalue weighted by Crippen LogP contribution is 2.30. The van der Waals surface area contributed by atoms with Gasteiger partial charge in [0.15, 0.2) is 0 Å². The normalized spacial score (nSPS) is 12.4. The second-order valence-corrected chi connectivity index (χ2v) is 8.62. The summed E-state index contributed by atoms with van der Waals surface area (Å²) in [5.74, 6) is 0.00584. The van der Waals surface area contributed by atoms with Gasteiger partial charge in [0.25, 0.3) is 0 Å². The number of hydrogen-bond donors (Lipinski definition) is 4. The first-order valence-corrected chi connectivity index (χ1v) is 14.8. The highest BCUT2D eigenvalue weighted by atomic mass is 16.3. The van der Waals surface area contributed by atoms with Gasteiger partial charge in [0, 0.05) is 24.0 Å². The summed E-state index contributed by atoms with van der Waals surface area (Å²) in [4.78, 5) is 14.2. The summed E-state index contributed by atoms with van der Waals surface area (Å²) < 4.78 is 0. The Morgan fingerprint density at radius 2 is 1.37 bits per heavy atom. The van der Waals surface area contributed by atoms with Crippen molar-refractivity contribution in [3.63, 3.8) is 0 Å². The second-order valence-electron chi connectivity index (χ2n) is 8.62. The molecule has 2 aromatic carbocycles. The van der Waals surface area contributed by atoms with Crippen molar-refractivity contribution in [2.75, 3.05) is 6.54 Å². The van der Waals surface area contributed by atoms with Gasteiger partial charge in [-0.15, -0.1) is 0 Å². The number of aromatic nitrogens is 1. The van der Waals surface area contributed by atoms with Gasteiger partial charge in [-0.3, -0.25) is 4.79 Å². The molecule has 4 N–H and O–H groups in total. The zero-order chi connectivity index (χ0) is 29.3. The summed E-state index contributed by atoms with van der Waals surface area (Å²) in [6.07, 6.45) is 4.59. The Hall–Kier alpha value is -2.63. The Labute approximate surface area is 231 Å². The molecule has 1 aliphatic rings. The van der Waals surface area contributed by atoms with Crippen LogP contribution in [0.1, 0.15) is 110 Å². The third-order valence-corrected chi connectivity index (χ3v) is 6.08. The van der Waals surface area contributed by atoms with E-state index in [-0.39, 0.29) is 11.3 Å². The van der Waals surface area contributed by atoms with Crippen molar-refractivity contribution >= 4 is 10.9 Å². The first-order chi connectivity index (χ1) is 18.4. The van der Waals surface area contributed by atoms with Crippen molar-refractivity contribution in [3.05, 3.63) is 74.6 Å². The Bertz CT molecular complexity index is 1090. The third kappa shape index (κ3) is 9.59. The molecule has 1 aromatic heterocycles. The predicted octanol–water partition coefficient (Wildman–Crippen LogP) is 7.64. The molecule has 5 heteroatoms. The molecule has 4 rings (SSSR count). The molecule has 0 bridgehead atoms. The summed E-state index contributed by atoms with van der Waals surface area (Å²) in [5.41, 5.74) is 6.49. The maximum atomic E-state index is 11.6. The number of pyridine rings is 1. The average molecular weight is 527 g/mol. The molecule has 5 nitrogen and oxygen atoms in total. The van der Waals surface area contributed by atoms with E-state index in [1.54, 1.807) is 12.1 Å². The SMILES string of the molecule is CC.CC.CC.CCC.CCc1cc2c(cc1CC)CC(NCC(O)c1ccc(O)c3[nH]c(=O)ccc13)C2. The van der Waals surface area contributed by atoms with Crippen LogP contribution >= 0.6 is 0 Å². The van der Waals surface area contributed by atoms with Crippen LogP contribution in [-0.2, 0) is 25.7 Å². The molecular formula is C33H54N2O3. The summed E-state index contributed by atoms with van der Waals surface area (Å²) in [6, 6.07) is 11.3. The summed E-state index contributed by atoms with van der Waals surface area (Å²) >= 11 is 0. The van der Waals surface area contributed by atoms with Crippen LogP contribution in [0.4, 0.5) is 0 Å². The van der Waals surface area contributed by atoms with Gasteiger partial charge >= 0.3 is 0 Å². The molecule has 0 radical (unpaired) electrons. The van der Waals surface area contributed by atoms with Crippen LogP contribution in [0.2, 0.25) is 0 Å². The molecule has 0 fully saturated rings. The Kier molecular flexibility index (Phi) is 18.1. The van der Waals surface area contributed by atoms with E-state index in [2.05, 4.69) is 50.1 Å². The van der Waals surface area contributed by atoms with Crippen LogP contribution in [0.3, 0.4) is 0 Å². The van der Waals surface area contributed by atoms with Crippen LogP contribution < -0.4 is 10.9 Å². The third-order valence-electron chi connectivity index (χ3n) is 6.08. The number of nitrogens with one attached hydrogen (secondary N) is 2. The van der Waals surface area contributed by atoms with Crippen LogP contribution in [0.5, 0.6) is 5.75 Å². The monoisotopic (exact) mass is 526 g/mol. The van der Waals surface area contributed by atoms with Crippen molar-refractivity contribution in [1.82, 2.24) is 10.3 Å². The fourth-order valence-electron chi connectivity index (χ4n) is 4.51. The lowest BCUT2D eigenvalue weighted by Gasteiger charge is -2.18. The molecule has 0 amide bonds. The number of aromatic hydroxyl groups is 1. The number of phenolic OH excluding ortho intramolecular Hbond substituents is 1. The topological polar surface area (TPSA) is 85.3 Å². The number of phenols is 1. The average Bonchev–Trinajstić information content (AvgIpc) is 3.37. The standard InChI is InChI=1S/C24H28N2O3.C3H8.3C2H6/c1-3-14-9-16-11-18(12-17(16)10-15(14)4-2)25-13-22(28)19-5-7-21(27)24-20(19)6-8-23(29)26-24;1-3-2;3*1-2/h5-10,18,22,25,27-28H,3-4,11-13H2,1-2H3,(H,26,29);3H2,1-2H3;3*1-2H3. The molecule has 0 saturated heterocycles. The van der Waals surface area contributed by atoms with E-state index in [4.69, 9.17) is 0 Å². The maximum absolute atomic E-state index is 11.6. The summed E-state index contributed by atoms with van der Waals surface area (Å²) in [6.45, 7) is 21.1. The number of fused-ring (bicyclic) bond motifs is 2. The molecule has 0 aliphatic heterocycles. The van der Waals surface area contributed by atoms with E-state index in [1.807, 2.05) is 41.5 Å². The molecule has 38 heavy (non-hydrogen) atoms. The number of hydrogen-bond acceptors (Lipinski definition) is 4. The first kappa shape index (κ1) is 35.4. The lowest BCUT2D eigenvalue weighted by atomic mass is 9.97. The number of benzene rings is 2. The quantitative estimate of drug-likeness (QED) is 0.266. The van der Waals surface area contributed by atoms with E-state index in [1.165, 1.54) is 40.8 Å². The van der Waals surface area contributed by atoms with Crippen LogP contribution in [0.15, 0.2) is 41.2 Å². The maximum Gasteiger partial charge on any atom is 0.248 e. The fourth-order valence-corrected chi connectivity index (χ4v) is 4.51. The van der Waals surface area contributed by atoms with Gasteiger partial charge < -0.3 is 20.5 Å². The molecule has 1 aliphatic carbocycles. The summed E-state index contributed by atoms with van der Waals surface area (Å²) in [7, 11) is 0. The first-order valence-electron chi connectivity index (χ1n) is 14.8. The zero-order valence-corrected chi connectivity index (χ0v) is 25.7. The van der Waals surface area contributed by atoms with Crippen molar-refractivity contribution in [2.24, 2.45) is 0 Å². The van der Waals surface area contributed by atoms with Gasteiger partial charge in [0.2, 0.25) is 5.56 Å². The number of aliphatic hydroxyl groups excluding tert-OH is 1. The van der Waals surface area contributed by atoms with E-state index in [0.29, 0.717) is 29.1 Å². The molecule has 1 atom stereocenters. The van der Waals surface area contributed by atoms with E-state index in [0.717, 1.165) is 25.7 Å². The minimum atomic E-state index is -0.731. The van der Waals surface area contributed by atoms with Crippen LogP contribution in [0, 0.1) is 0 Å². The number of aliphatic hydroxyl groups is 1. The minimum Gasteiger partial charge on any atom is -0.506 e. The molecule has 0 spiro atoms. The lowest BCUT2D eigenvalue weighted by Crippen LogP contribution is -2.33. The van der Waals surface area contributed by atoms with E-state index in [9.17, 15) is 15.0 Å². The highest BCUT2D eigenvalue weighted by molar-refractivity contribution is 5.87. The smallest absolute Gasteiger partial charge is 0.248 e. The molecule has 0 saturated carbocycles. The van der Waals surface area contributed by atoms with Crippen LogP contribution in [-0.4, -0.2) is 27.8 Å². The number of aromatic amines is 1. The minimum absolute atomic E-state index is 0.00584. The largest absolute Gasteiger partial charge is 0.506 e. The Morgan fingerprint density at radius 3 is 1.84 bits per heavy atom. The highest BCUT2D eigenvalue weighted by Gasteiger charge is 2.24. The van der Waals surface area contributed by atoms with Gasteiger partial charge in [-0.1, -0.05) is 93.9 Å². The van der Waals surface area contributed by atoms with Gasteiger partial charge in [-0.2, -0.15) is 0 Å². The fraction of sp³-hybridized carbons (Fsp3) is 0.545. The van der Waals surface area contributed by atoms with Gasteiger partial charge in [-0.25, -0.2) is 0 Å². The van der Waals surface area contributed by atoms with Crippen molar-refractivity contribution in [3.8, 4) is 5.75 Å². The lowest BCUT2D eigenvalue weighted by molar-refractivity contribution is 0.171. The number of rotatable bonds is 6. The van der Waals surface area contributed by atoms with Crippen molar-refractivity contribution in [2.45, 2.75) is 113 Å². The second kappa shape index (κ2) is 19.4. The molecule has 3 aromatic rings. The molecular weight excluding hydrogens is 472 g/mol. The van der Waals surface area contributed by atoms with Gasteiger partial charge in [-0.05, 0) is 65.6 Å². The molecule has 214 valence electrons. The van der Waals surface area contributed by atoms with E-state index >= 15 is 0 Å². The van der Waals surface area contributed by atoms with Gasteiger partial charge in [0.05, 0.1) is 11.6 Å². The predicted molar refractivity (Wildman–Crippen MR) is 166 cm³/mol. The van der Waals surface area contributed by atoms with E-state index < -0.39 is 6.10 Å². The van der Waals surface area contributed by atoms with Crippen molar-refractivity contribution < 1.29 is 10.2 Å². The van der Waals surface area contributed by atoms with Gasteiger partial charge in [0.1, 0.15) is 5.75 Å². The Morgan fingerprint density at radius 1 is 0.868 bits per heavy atom. The number of aryl methyl sites for hydroxylation is 2. The zero-order valence-electron chi connectivity index (χ0n) is 25.7. The van der Waals surface area contributed by atoms with Crippen LogP contribution in [0.25, 0.3) is 10.9 Å². The molecule has 1 unspecified atom stereocenters. The van der Waals surface area contributed by atoms with Crippen molar-refractivity contribution in [1.29, 1.82) is 0 Å². The molecule has 1 heterocycles.